The van der Waals surface area contributed by atoms with E-state index in [2.05, 4.69) is 230 Å². The highest BCUT2D eigenvalue weighted by Crippen LogP contribution is 2.63. The van der Waals surface area contributed by atoms with Crippen molar-refractivity contribution in [3.63, 3.8) is 0 Å². The van der Waals surface area contributed by atoms with Gasteiger partial charge in [0.05, 0.1) is 22.5 Å². The van der Waals surface area contributed by atoms with Gasteiger partial charge in [-0.3, -0.25) is 0 Å². The molecule has 0 saturated carbocycles. The largest absolute Gasteiger partial charge is 0.341 e. The average Bonchev–Trinajstić information content (AvgIpc) is 3.80. The van der Waals surface area contributed by atoms with Crippen LogP contribution in [0.5, 0.6) is 0 Å². The minimum atomic E-state index is -0.434. The zero-order valence-corrected chi connectivity index (χ0v) is 35.6. The van der Waals surface area contributed by atoms with Crippen LogP contribution in [0.3, 0.4) is 0 Å². The van der Waals surface area contributed by atoms with Crippen molar-refractivity contribution in [1.29, 1.82) is 0 Å². The Morgan fingerprint density at radius 2 is 0.984 bits per heavy atom. The third-order valence-corrected chi connectivity index (χ3v) is 14.8. The number of nitrogens with zero attached hydrogens (tertiary/aromatic N) is 2. The molecule has 0 fully saturated rings. The fraction of sp³-hybridized carbons (Fsp3) is 0.115. The maximum Gasteiger partial charge on any atom is 0.0726 e. The lowest BCUT2D eigenvalue weighted by Gasteiger charge is -2.42. The Hall–Kier alpha value is -7.42. The van der Waals surface area contributed by atoms with E-state index < -0.39 is 5.41 Å². The molecule has 0 amide bonds. The minimum Gasteiger partial charge on any atom is -0.341 e. The molecule has 300 valence electrons. The fourth-order valence-corrected chi connectivity index (χ4v) is 12.0. The first-order valence-corrected chi connectivity index (χ1v) is 22.5. The van der Waals surface area contributed by atoms with Gasteiger partial charge in [-0.25, -0.2) is 0 Å². The molecule has 63 heavy (non-hydrogen) atoms. The van der Waals surface area contributed by atoms with Crippen LogP contribution in [0.15, 0.2) is 194 Å². The van der Waals surface area contributed by atoms with E-state index in [4.69, 9.17) is 0 Å². The second kappa shape index (κ2) is 13.5. The normalized spacial score (nSPS) is 15.7. The molecule has 9 aromatic carbocycles. The molecule has 2 heterocycles. The Morgan fingerprint density at radius 3 is 1.70 bits per heavy atom. The molecule has 13 rings (SSSR count). The van der Waals surface area contributed by atoms with Gasteiger partial charge in [-0.1, -0.05) is 178 Å². The predicted molar refractivity (Wildman–Crippen MR) is 264 cm³/mol. The van der Waals surface area contributed by atoms with Crippen molar-refractivity contribution < 1.29 is 0 Å². The lowest BCUT2D eigenvalue weighted by atomic mass is 9.70. The number of hydrogen-bond acceptors (Lipinski definition) is 2. The van der Waals surface area contributed by atoms with Crippen molar-refractivity contribution >= 4 is 51.4 Å². The van der Waals surface area contributed by atoms with Crippen molar-refractivity contribution in [1.82, 2.24) is 0 Å². The van der Waals surface area contributed by atoms with Crippen LogP contribution in [0.25, 0.3) is 45.2 Å². The molecular weight excluding hydrogens is 761 g/mol. The van der Waals surface area contributed by atoms with Crippen molar-refractivity contribution in [3.8, 4) is 22.3 Å². The number of benzene rings is 9. The number of rotatable bonds is 4. The van der Waals surface area contributed by atoms with Gasteiger partial charge in [0.15, 0.2) is 0 Å². The molecule has 0 atom stereocenters. The smallest absolute Gasteiger partial charge is 0.0726 e. The van der Waals surface area contributed by atoms with Crippen LogP contribution in [-0.2, 0) is 17.3 Å². The van der Waals surface area contributed by atoms with Crippen LogP contribution in [0.1, 0.15) is 70.3 Å². The fourth-order valence-electron chi connectivity index (χ4n) is 12.0. The first kappa shape index (κ1) is 36.3. The lowest BCUT2D eigenvalue weighted by Crippen LogP contribution is -2.30. The zero-order valence-electron chi connectivity index (χ0n) is 35.6. The Morgan fingerprint density at radius 1 is 0.429 bits per heavy atom. The van der Waals surface area contributed by atoms with E-state index in [-0.39, 0.29) is 5.41 Å². The van der Waals surface area contributed by atoms with Crippen LogP contribution in [0, 0.1) is 0 Å². The van der Waals surface area contributed by atoms with Gasteiger partial charge in [0, 0.05) is 28.7 Å². The monoisotopic (exact) mass is 806 g/mol. The first-order valence-electron chi connectivity index (χ1n) is 22.5. The summed E-state index contributed by atoms with van der Waals surface area (Å²) < 4.78 is 0. The zero-order chi connectivity index (χ0) is 41.9. The summed E-state index contributed by atoms with van der Waals surface area (Å²) in [6.45, 7) is 5.72. The maximum absolute atomic E-state index is 2.55. The van der Waals surface area contributed by atoms with E-state index in [0.29, 0.717) is 0 Å². The van der Waals surface area contributed by atoms with Crippen molar-refractivity contribution in [2.45, 2.75) is 37.5 Å². The van der Waals surface area contributed by atoms with Gasteiger partial charge in [0.2, 0.25) is 0 Å². The molecule has 0 N–H and O–H groups in total. The Kier molecular flexibility index (Phi) is 7.79. The van der Waals surface area contributed by atoms with Gasteiger partial charge in [-0.2, -0.15) is 0 Å². The van der Waals surface area contributed by atoms with Crippen molar-refractivity contribution in [3.05, 3.63) is 244 Å². The summed E-state index contributed by atoms with van der Waals surface area (Å²) in [5.74, 6) is 0. The van der Waals surface area contributed by atoms with Gasteiger partial charge in [-0.05, 0) is 133 Å². The SMILES string of the molecule is CC1(C)c2ccccc2N(c2ccc(/C=C/c3ccc4c(c3)C3(c5ccccc5-c5ccccc53)c3cc(N5CCCc6ccccc65)ccc3-4)c3ccccc23)c2ccccc21. The van der Waals surface area contributed by atoms with Crippen LogP contribution >= 0.6 is 0 Å². The number of anilines is 5. The molecule has 2 aliphatic carbocycles. The molecule has 4 aliphatic rings. The molecule has 0 aromatic heterocycles. The maximum atomic E-state index is 2.55. The summed E-state index contributed by atoms with van der Waals surface area (Å²) >= 11 is 0. The number of fused-ring (bicyclic) bond motifs is 14. The summed E-state index contributed by atoms with van der Waals surface area (Å²) in [5, 5.41) is 2.47. The first-order chi connectivity index (χ1) is 31.0. The van der Waals surface area contributed by atoms with Crippen LogP contribution in [0.2, 0.25) is 0 Å². The Bertz CT molecular complexity index is 3290. The topological polar surface area (TPSA) is 6.48 Å². The molecule has 2 nitrogen and oxygen atoms in total. The predicted octanol–water partition coefficient (Wildman–Crippen LogP) is 15.5. The summed E-state index contributed by atoms with van der Waals surface area (Å²) in [6.07, 6.45) is 6.93. The quantitative estimate of drug-likeness (QED) is 0.163. The summed E-state index contributed by atoms with van der Waals surface area (Å²) in [5.41, 5.74) is 23.0. The van der Waals surface area contributed by atoms with Gasteiger partial charge in [0.25, 0.3) is 0 Å². The Labute approximate surface area is 370 Å². The molecular formula is C61H46N2. The summed E-state index contributed by atoms with van der Waals surface area (Å²) in [6, 6.07) is 73.1. The highest BCUT2D eigenvalue weighted by molar-refractivity contribution is 6.05. The minimum absolute atomic E-state index is 0.109. The highest BCUT2D eigenvalue weighted by atomic mass is 15.2. The van der Waals surface area contributed by atoms with E-state index in [0.717, 1.165) is 19.4 Å². The molecule has 2 heteroatoms. The number of para-hydroxylation sites is 3. The standard InChI is InChI=1S/C61H46N2/c1-60(2)52-24-10-13-27-58(52)63(59-28-14-11-25-53(59)60)57-36-32-41(44-18-4-5-21-49(44)57)31-29-40-30-34-47-48-35-33-43(62-37-15-17-42-16-3-12-26-56(42)62)39-55(48)61(54(47)38-40)50-22-8-6-19-45(50)46-20-7-9-23-51(46)61/h3-14,16,18-36,38-39H,15,17,37H2,1-2H3/b31-29+. The lowest BCUT2D eigenvalue weighted by molar-refractivity contribution is 0.632. The third-order valence-electron chi connectivity index (χ3n) is 14.8. The molecule has 0 bridgehead atoms. The molecule has 0 saturated heterocycles. The van der Waals surface area contributed by atoms with E-state index in [1.54, 1.807) is 0 Å². The Balaban J connectivity index is 0.952. The van der Waals surface area contributed by atoms with Crippen molar-refractivity contribution in [2.75, 3.05) is 16.3 Å². The van der Waals surface area contributed by atoms with Gasteiger partial charge < -0.3 is 9.80 Å². The molecule has 0 unspecified atom stereocenters. The van der Waals surface area contributed by atoms with E-state index in [1.165, 1.54) is 112 Å². The van der Waals surface area contributed by atoms with Gasteiger partial charge in [-0.15, -0.1) is 0 Å². The molecule has 1 spiro atoms. The number of aryl methyl sites for hydroxylation is 1. The van der Waals surface area contributed by atoms with Crippen LogP contribution < -0.4 is 9.80 Å². The highest BCUT2D eigenvalue weighted by Gasteiger charge is 2.52. The number of hydrogen-bond donors (Lipinski definition) is 0. The van der Waals surface area contributed by atoms with Crippen molar-refractivity contribution in [2.24, 2.45) is 0 Å². The molecule has 0 radical (unpaired) electrons. The second-order valence-corrected chi connectivity index (χ2v) is 18.3. The van der Waals surface area contributed by atoms with Crippen LogP contribution in [-0.4, -0.2) is 6.54 Å². The third kappa shape index (κ3) is 5.07. The molecule has 9 aromatic rings. The van der Waals surface area contributed by atoms with Crippen LogP contribution in [0.4, 0.5) is 28.4 Å². The summed E-state index contributed by atoms with van der Waals surface area (Å²) in [4.78, 5) is 5.03. The summed E-state index contributed by atoms with van der Waals surface area (Å²) in [7, 11) is 0. The molecule has 2 aliphatic heterocycles. The average molecular weight is 807 g/mol. The van der Waals surface area contributed by atoms with E-state index >= 15 is 0 Å². The van der Waals surface area contributed by atoms with Gasteiger partial charge >= 0.3 is 0 Å². The second-order valence-electron chi connectivity index (χ2n) is 18.3. The van der Waals surface area contributed by atoms with E-state index in [9.17, 15) is 0 Å². The van der Waals surface area contributed by atoms with Gasteiger partial charge in [0.1, 0.15) is 0 Å². The van der Waals surface area contributed by atoms with E-state index in [1.807, 2.05) is 0 Å².